The Bertz CT molecular complexity index is 909. The molecule has 1 aromatic carbocycles. The average molecular weight is 436 g/mol. The van der Waals surface area contributed by atoms with E-state index in [2.05, 4.69) is 10.6 Å². The van der Waals surface area contributed by atoms with E-state index >= 15 is 0 Å². The largest absolute Gasteiger partial charge is 0.496 e. The highest BCUT2D eigenvalue weighted by Gasteiger charge is 2.26. The summed E-state index contributed by atoms with van der Waals surface area (Å²) in [6.07, 6.45) is 0.712. The van der Waals surface area contributed by atoms with Crippen molar-refractivity contribution in [2.75, 3.05) is 40.2 Å². The molecule has 7 nitrogen and oxygen atoms in total. The van der Waals surface area contributed by atoms with Gasteiger partial charge in [-0.25, -0.2) is 4.79 Å². The number of hydrogen-bond donors (Lipinski definition) is 2. The van der Waals surface area contributed by atoms with Gasteiger partial charge < -0.3 is 25.0 Å². The topological polar surface area (TPSA) is 79.9 Å². The molecule has 0 aliphatic heterocycles. The lowest BCUT2D eigenvalue weighted by Gasteiger charge is -2.12. The standard InChI is InChI=1S/C20H25N3O4S2/c1-12-15(19(25)27-5)17(29-16(12)18(24)23(2)3)22-20(28)21-11-10-13-8-6-7-9-14(13)26-4/h6-9H,10-11H2,1-5H3,(H2,21,22,28). The number of amides is 1. The molecule has 0 fully saturated rings. The van der Waals surface area contributed by atoms with Crippen molar-refractivity contribution in [1.29, 1.82) is 0 Å². The molecule has 1 amide bonds. The van der Waals surface area contributed by atoms with Crippen LogP contribution in [0.15, 0.2) is 24.3 Å². The second kappa shape index (κ2) is 10.2. The van der Waals surface area contributed by atoms with E-state index in [1.54, 1.807) is 28.1 Å². The molecular formula is C20H25N3O4S2. The van der Waals surface area contributed by atoms with Gasteiger partial charge in [-0.3, -0.25) is 4.79 Å². The van der Waals surface area contributed by atoms with Crippen molar-refractivity contribution in [2.45, 2.75) is 13.3 Å². The Kier molecular flexibility index (Phi) is 7.98. The maximum atomic E-state index is 12.4. The first-order chi connectivity index (χ1) is 13.8. The van der Waals surface area contributed by atoms with E-state index in [-0.39, 0.29) is 5.91 Å². The second-order valence-electron chi connectivity index (χ2n) is 6.39. The fraction of sp³-hybridized carbons (Fsp3) is 0.350. The molecule has 9 heteroatoms. The van der Waals surface area contributed by atoms with Gasteiger partial charge in [0.2, 0.25) is 0 Å². The van der Waals surface area contributed by atoms with Crippen LogP contribution in [0.2, 0.25) is 0 Å². The SMILES string of the molecule is COC(=O)c1c(NC(=S)NCCc2ccccc2OC)sc(C(=O)N(C)C)c1C. The number of esters is 1. The first-order valence-corrected chi connectivity index (χ1v) is 10.1. The van der Waals surface area contributed by atoms with Crippen LogP contribution in [0, 0.1) is 6.92 Å². The predicted molar refractivity (Wildman–Crippen MR) is 119 cm³/mol. The lowest BCUT2D eigenvalue weighted by molar-refractivity contribution is 0.0601. The molecule has 0 atom stereocenters. The summed E-state index contributed by atoms with van der Waals surface area (Å²) in [4.78, 5) is 26.6. The molecular weight excluding hydrogens is 410 g/mol. The number of nitrogens with zero attached hydrogens (tertiary/aromatic N) is 1. The molecule has 156 valence electrons. The molecule has 2 rings (SSSR count). The van der Waals surface area contributed by atoms with Crippen LogP contribution in [0.3, 0.4) is 0 Å². The normalized spacial score (nSPS) is 10.2. The van der Waals surface area contributed by atoms with Crippen LogP contribution in [0.1, 0.15) is 31.2 Å². The van der Waals surface area contributed by atoms with Crippen molar-refractivity contribution in [3.8, 4) is 5.75 Å². The fourth-order valence-electron chi connectivity index (χ4n) is 2.72. The van der Waals surface area contributed by atoms with E-state index in [1.807, 2.05) is 24.3 Å². The number of benzene rings is 1. The highest BCUT2D eigenvalue weighted by atomic mass is 32.1. The Hall–Kier alpha value is -2.65. The summed E-state index contributed by atoms with van der Waals surface area (Å²) >= 11 is 6.55. The van der Waals surface area contributed by atoms with Crippen LogP contribution in [0.25, 0.3) is 0 Å². The summed E-state index contributed by atoms with van der Waals surface area (Å²) in [5.41, 5.74) is 1.95. The van der Waals surface area contributed by atoms with Gasteiger partial charge in [0.25, 0.3) is 5.91 Å². The van der Waals surface area contributed by atoms with Crippen LogP contribution < -0.4 is 15.4 Å². The third-order valence-corrected chi connectivity index (χ3v) is 5.68. The zero-order valence-electron chi connectivity index (χ0n) is 17.1. The van der Waals surface area contributed by atoms with E-state index in [0.717, 1.165) is 11.3 Å². The molecule has 2 aromatic rings. The summed E-state index contributed by atoms with van der Waals surface area (Å²) in [6, 6.07) is 7.77. The smallest absolute Gasteiger partial charge is 0.341 e. The van der Waals surface area contributed by atoms with E-state index in [9.17, 15) is 9.59 Å². The summed E-state index contributed by atoms with van der Waals surface area (Å²) in [5.74, 6) is 0.124. The summed E-state index contributed by atoms with van der Waals surface area (Å²) < 4.78 is 10.2. The Morgan fingerprint density at radius 3 is 2.52 bits per heavy atom. The number of carbonyl (C=O) groups excluding carboxylic acids is 2. The predicted octanol–water partition coefficient (Wildman–Crippen LogP) is 3.08. The number of rotatable bonds is 7. The van der Waals surface area contributed by atoms with Crippen molar-refractivity contribution < 1.29 is 19.1 Å². The number of nitrogens with one attached hydrogen (secondary N) is 2. The number of thiocarbonyl (C=S) groups is 1. The van der Waals surface area contributed by atoms with Gasteiger partial charge >= 0.3 is 5.97 Å². The van der Waals surface area contributed by atoms with Crippen LogP contribution in [0.5, 0.6) is 5.75 Å². The molecule has 1 heterocycles. The average Bonchev–Trinajstić information content (AvgIpc) is 3.02. The van der Waals surface area contributed by atoms with Gasteiger partial charge in [-0.2, -0.15) is 0 Å². The molecule has 29 heavy (non-hydrogen) atoms. The van der Waals surface area contributed by atoms with Crippen LogP contribution >= 0.6 is 23.6 Å². The molecule has 1 aromatic heterocycles. The molecule has 0 spiro atoms. The lowest BCUT2D eigenvalue weighted by Crippen LogP contribution is -2.30. The Morgan fingerprint density at radius 1 is 1.21 bits per heavy atom. The van der Waals surface area contributed by atoms with Gasteiger partial charge in [0.05, 0.1) is 24.7 Å². The van der Waals surface area contributed by atoms with E-state index in [1.165, 1.54) is 23.3 Å². The van der Waals surface area contributed by atoms with Crippen LogP contribution in [-0.2, 0) is 11.2 Å². The second-order valence-corrected chi connectivity index (χ2v) is 7.82. The van der Waals surface area contributed by atoms with Crippen LogP contribution in [-0.4, -0.2) is 56.7 Å². The summed E-state index contributed by atoms with van der Waals surface area (Å²) in [6.45, 7) is 2.30. The number of anilines is 1. The van der Waals surface area contributed by atoms with Gasteiger partial charge in [0.15, 0.2) is 5.11 Å². The molecule has 0 saturated heterocycles. The highest BCUT2D eigenvalue weighted by molar-refractivity contribution is 7.80. The van der Waals surface area contributed by atoms with Gasteiger partial charge in [-0.15, -0.1) is 11.3 Å². The van der Waals surface area contributed by atoms with Gasteiger partial charge in [0, 0.05) is 20.6 Å². The number of ether oxygens (including phenoxy) is 2. The van der Waals surface area contributed by atoms with Crippen molar-refractivity contribution >= 4 is 45.5 Å². The molecule has 0 bridgehead atoms. The Labute approximate surface area is 180 Å². The first-order valence-electron chi connectivity index (χ1n) is 8.90. The van der Waals surface area contributed by atoms with Crippen LogP contribution in [0.4, 0.5) is 5.00 Å². The molecule has 0 saturated carbocycles. The maximum Gasteiger partial charge on any atom is 0.341 e. The molecule has 0 aliphatic rings. The van der Waals surface area contributed by atoms with Crippen molar-refractivity contribution in [1.82, 2.24) is 10.2 Å². The zero-order valence-corrected chi connectivity index (χ0v) is 18.8. The van der Waals surface area contributed by atoms with Gasteiger partial charge in [-0.1, -0.05) is 18.2 Å². The number of methoxy groups -OCH3 is 2. The minimum Gasteiger partial charge on any atom is -0.496 e. The third kappa shape index (κ3) is 5.45. The third-order valence-electron chi connectivity index (χ3n) is 4.24. The number of hydrogen-bond acceptors (Lipinski definition) is 6. The number of carbonyl (C=O) groups is 2. The Morgan fingerprint density at radius 2 is 1.90 bits per heavy atom. The Balaban J connectivity index is 2.11. The van der Waals surface area contributed by atoms with E-state index in [0.29, 0.717) is 39.1 Å². The molecule has 0 aliphatic carbocycles. The number of para-hydroxylation sites is 1. The summed E-state index contributed by atoms with van der Waals surface area (Å²) in [7, 11) is 6.27. The number of thiophene rings is 1. The molecule has 0 radical (unpaired) electrons. The van der Waals surface area contributed by atoms with E-state index < -0.39 is 5.97 Å². The quantitative estimate of drug-likeness (QED) is 0.511. The molecule has 0 unspecified atom stereocenters. The van der Waals surface area contributed by atoms with Gasteiger partial charge in [-0.05, 0) is 42.8 Å². The lowest BCUT2D eigenvalue weighted by atomic mass is 10.1. The molecule has 2 N–H and O–H groups in total. The highest BCUT2D eigenvalue weighted by Crippen LogP contribution is 2.34. The monoisotopic (exact) mass is 435 g/mol. The van der Waals surface area contributed by atoms with Crippen molar-refractivity contribution in [3.63, 3.8) is 0 Å². The fourth-order valence-corrected chi connectivity index (χ4v) is 4.21. The van der Waals surface area contributed by atoms with Gasteiger partial charge in [0.1, 0.15) is 10.8 Å². The first kappa shape index (κ1) is 22.6. The van der Waals surface area contributed by atoms with E-state index in [4.69, 9.17) is 21.7 Å². The maximum absolute atomic E-state index is 12.4. The van der Waals surface area contributed by atoms with Crippen molar-refractivity contribution in [3.05, 3.63) is 45.8 Å². The minimum atomic E-state index is -0.518. The van der Waals surface area contributed by atoms with Crippen molar-refractivity contribution in [2.24, 2.45) is 0 Å². The minimum absolute atomic E-state index is 0.180. The zero-order chi connectivity index (χ0) is 21.6. The summed E-state index contributed by atoms with van der Waals surface area (Å²) in [5, 5.41) is 6.99.